The fourth-order valence-corrected chi connectivity index (χ4v) is 7.58. The van der Waals surface area contributed by atoms with Crippen molar-refractivity contribution < 1.29 is 42.9 Å². The Bertz CT molecular complexity index is 1110. The molecule has 0 bridgehead atoms. The maximum absolute atomic E-state index is 12.3. The van der Waals surface area contributed by atoms with Crippen molar-refractivity contribution in [2.24, 2.45) is 28.6 Å². The average molecular weight is 820 g/mol. The van der Waals surface area contributed by atoms with E-state index < -0.39 is 24.2 Å². The summed E-state index contributed by atoms with van der Waals surface area (Å²) in [6.07, 6.45) is 7.43. The molecular weight excluding hydrogens is 747 g/mol. The fraction of sp³-hybridized carbons (Fsp3) is 0.821. The minimum absolute atomic E-state index is 0.00791. The van der Waals surface area contributed by atoms with Gasteiger partial charge in [-0.3, -0.25) is 0 Å². The van der Waals surface area contributed by atoms with Gasteiger partial charge in [0.1, 0.15) is 26.4 Å². The lowest BCUT2D eigenvalue weighted by Gasteiger charge is -2.28. The molecule has 3 unspecified atom stereocenters. The van der Waals surface area contributed by atoms with Crippen LogP contribution in [0.3, 0.4) is 0 Å². The van der Waals surface area contributed by atoms with Gasteiger partial charge in [0.05, 0.1) is 0 Å². The first-order chi connectivity index (χ1) is 26.0. The first-order valence-electron chi connectivity index (χ1n) is 19.8. The maximum Gasteiger partial charge on any atom is 0.407 e. The normalized spacial score (nSPS) is 13.0. The topological polar surface area (TPSA) is 182 Å². The molecule has 5 amide bonds. The molecule has 0 saturated carbocycles. The second kappa shape index (κ2) is 31.1. The molecule has 0 aliphatic rings. The van der Waals surface area contributed by atoms with Crippen molar-refractivity contribution in [1.82, 2.24) is 26.6 Å². The van der Waals surface area contributed by atoms with Crippen LogP contribution in [0, 0.1) is 28.6 Å². The first kappa shape index (κ1) is 52.0. The molecule has 0 aromatic rings. The second-order valence-corrected chi connectivity index (χ2v) is 18.3. The lowest BCUT2D eigenvalue weighted by atomic mass is 9.80. The highest BCUT2D eigenvalue weighted by atomic mass is 33.1. The van der Waals surface area contributed by atoms with E-state index in [2.05, 4.69) is 74.7 Å². The van der Waals surface area contributed by atoms with Crippen LogP contribution in [0.5, 0.6) is 0 Å². The number of rotatable bonds is 31. The summed E-state index contributed by atoms with van der Waals surface area (Å²) in [5.41, 5.74) is -0.202. The van der Waals surface area contributed by atoms with Gasteiger partial charge in [-0.1, -0.05) is 103 Å². The van der Waals surface area contributed by atoms with Crippen molar-refractivity contribution in [3.05, 3.63) is 12.7 Å². The van der Waals surface area contributed by atoms with Gasteiger partial charge in [-0.2, -0.15) is 0 Å². The third kappa shape index (κ3) is 31.8. The highest BCUT2D eigenvalue weighted by molar-refractivity contribution is 8.76. The summed E-state index contributed by atoms with van der Waals surface area (Å²) in [6, 6.07) is -0.105. The predicted octanol–water partition coefficient (Wildman–Crippen LogP) is 7.68. The lowest BCUT2D eigenvalue weighted by molar-refractivity contribution is -0.138. The number of hydrogen-bond acceptors (Lipinski definition) is 11. The number of hydrogen-bond donors (Lipinski definition) is 5. The van der Waals surface area contributed by atoms with Crippen LogP contribution in [0.25, 0.3) is 0 Å². The smallest absolute Gasteiger partial charge is 0.407 e. The van der Waals surface area contributed by atoms with Crippen LogP contribution in [0.1, 0.15) is 107 Å². The van der Waals surface area contributed by atoms with E-state index in [0.717, 1.165) is 44.6 Å². The molecule has 0 radical (unpaired) electrons. The number of carbonyl (C=O) groups is 5. The molecular formula is C39H73N5O9S2. The van der Waals surface area contributed by atoms with Crippen molar-refractivity contribution >= 4 is 51.9 Å². The van der Waals surface area contributed by atoms with Crippen LogP contribution < -0.4 is 26.6 Å². The van der Waals surface area contributed by atoms with E-state index in [1.54, 1.807) is 21.6 Å². The van der Waals surface area contributed by atoms with Crippen molar-refractivity contribution in [2.75, 3.05) is 70.7 Å². The third-order valence-electron chi connectivity index (χ3n) is 8.81. The van der Waals surface area contributed by atoms with Gasteiger partial charge in [0.15, 0.2) is 0 Å². The lowest BCUT2D eigenvalue weighted by Crippen LogP contribution is -2.40. The van der Waals surface area contributed by atoms with Gasteiger partial charge >= 0.3 is 30.3 Å². The van der Waals surface area contributed by atoms with E-state index in [1.165, 1.54) is 12.8 Å². The molecule has 55 heavy (non-hydrogen) atoms. The number of alkyl carbamates (subject to hydrolysis) is 3. The molecule has 0 saturated heterocycles. The zero-order chi connectivity index (χ0) is 41.5. The predicted molar refractivity (Wildman–Crippen MR) is 223 cm³/mol. The van der Waals surface area contributed by atoms with Gasteiger partial charge in [0.2, 0.25) is 0 Å². The van der Waals surface area contributed by atoms with Gasteiger partial charge < -0.3 is 45.5 Å². The highest BCUT2D eigenvalue weighted by Gasteiger charge is 2.23. The standard InChI is InChI=1S/C39H73N5O9S2/c1-10-13-14-32(11-2)28-43-34(46)42-27-31(5)26-38(6,7)16-18-41-36(48)53-22-24-55-54-23-21-52-35(47)40-17-15-30(4)25-39(8,9)29-44-37(49)51-20-19-50-33(45)12-3/h12,30-32H,3,10-11,13-29H2,1-2,4-9H3,(H,40,47)(H,41,48)(H,44,49)(H2,42,43,46). The average Bonchev–Trinajstić information content (AvgIpc) is 3.12. The van der Waals surface area contributed by atoms with Crippen LogP contribution in [0.4, 0.5) is 19.2 Å². The van der Waals surface area contributed by atoms with Crippen molar-refractivity contribution in [2.45, 2.75) is 107 Å². The third-order valence-corrected chi connectivity index (χ3v) is 11.1. The van der Waals surface area contributed by atoms with E-state index in [9.17, 15) is 24.0 Å². The zero-order valence-corrected chi connectivity index (χ0v) is 36.6. The summed E-state index contributed by atoms with van der Waals surface area (Å²) >= 11 is 0. The van der Waals surface area contributed by atoms with Gasteiger partial charge in [-0.25, -0.2) is 24.0 Å². The summed E-state index contributed by atoms with van der Waals surface area (Å²) in [5, 5.41) is 14.4. The number of nitrogens with one attached hydrogen (secondary N) is 5. The molecule has 14 nitrogen and oxygen atoms in total. The van der Waals surface area contributed by atoms with Crippen LogP contribution >= 0.6 is 21.6 Å². The van der Waals surface area contributed by atoms with Crippen molar-refractivity contribution in [3.63, 3.8) is 0 Å². The Hall–Kier alpha value is -3.01. The van der Waals surface area contributed by atoms with E-state index in [1.807, 2.05) is 13.8 Å². The van der Waals surface area contributed by atoms with Crippen molar-refractivity contribution in [3.8, 4) is 0 Å². The largest absolute Gasteiger partial charge is 0.459 e. The summed E-state index contributed by atoms with van der Waals surface area (Å²) in [7, 11) is 3.09. The summed E-state index contributed by atoms with van der Waals surface area (Å²) in [5.74, 6) is 1.77. The van der Waals surface area contributed by atoms with Gasteiger partial charge in [-0.15, -0.1) is 0 Å². The molecule has 5 N–H and O–H groups in total. The van der Waals surface area contributed by atoms with E-state index in [4.69, 9.17) is 18.9 Å². The SMILES string of the molecule is C=CC(=O)OCCOC(=O)NCC(C)(C)CC(C)CCNC(=O)OCCSSCCOC(=O)NCCC(C)(C)CC(C)CNC(=O)NCC(CC)CCCC. The molecule has 16 heteroatoms. The number of carbonyl (C=O) groups excluding carboxylic acids is 5. The highest BCUT2D eigenvalue weighted by Crippen LogP contribution is 2.29. The Morgan fingerprint density at radius 2 is 1.22 bits per heavy atom. The van der Waals surface area contributed by atoms with Crippen LogP contribution in [-0.2, 0) is 23.7 Å². The Kier molecular flexibility index (Phi) is 29.4. The minimum Gasteiger partial charge on any atom is -0.459 e. The molecule has 3 atom stereocenters. The van der Waals surface area contributed by atoms with Crippen LogP contribution in [0.15, 0.2) is 12.7 Å². The molecule has 0 aromatic heterocycles. The Balaban J connectivity index is 3.90. The molecule has 0 aromatic carbocycles. The summed E-state index contributed by atoms with van der Waals surface area (Å²) in [4.78, 5) is 59.4. The monoisotopic (exact) mass is 819 g/mol. The van der Waals surface area contributed by atoms with Gasteiger partial charge in [-0.05, 0) is 60.7 Å². The minimum atomic E-state index is -0.577. The van der Waals surface area contributed by atoms with Crippen LogP contribution in [-0.4, -0.2) is 101 Å². The number of urea groups is 1. The zero-order valence-electron chi connectivity index (χ0n) is 34.9. The first-order valence-corrected chi connectivity index (χ1v) is 22.3. The second-order valence-electron chi connectivity index (χ2n) is 15.6. The maximum atomic E-state index is 12.3. The quantitative estimate of drug-likeness (QED) is 0.0152. The molecule has 0 spiro atoms. The van der Waals surface area contributed by atoms with Crippen molar-refractivity contribution in [1.29, 1.82) is 0 Å². The molecule has 0 aliphatic carbocycles. The Morgan fingerprint density at radius 1 is 0.673 bits per heavy atom. The fourth-order valence-electron chi connectivity index (χ4n) is 5.92. The molecule has 320 valence electrons. The van der Waals surface area contributed by atoms with E-state index in [0.29, 0.717) is 56.1 Å². The van der Waals surface area contributed by atoms with E-state index >= 15 is 0 Å². The Morgan fingerprint density at radius 3 is 1.82 bits per heavy atom. The number of unbranched alkanes of at least 4 members (excludes halogenated alkanes) is 1. The number of esters is 1. The molecule has 0 rings (SSSR count). The summed E-state index contributed by atoms with van der Waals surface area (Å²) < 4.78 is 20.3. The number of ether oxygens (including phenoxy) is 4. The molecule has 0 heterocycles. The number of amides is 5. The summed E-state index contributed by atoms with van der Waals surface area (Å²) in [6.45, 7) is 23.5. The van der Waals surface area contributed by atoms with E-state index in [-0.39, 0.29) is 49.2 Å². The van der Waals surface area contributed by atoms with Gasteiger partial charge in [0, 0.05) is 50.3 Å². The van der Waals surface area contributed by atoms with Crippen LogP contribution in [0.2, 0.25) is 0 Å². The van der Waals surface area contributed by atoms with Gasteiger partial charge in [0.25, 0.3) is 0 Å². The Labute approximate surface area is 339 Å². The molecule has 0 aliphatic heterocycles. The molecule has 0 fully saturated rings.